The van der Waals surface area contributed by atoms with Crippen LogP contribution < -0.4 is 10.2 Å². The summed E-state index contributed by atoms with van der Waals surface area (Å²) in [6, 6.07) is 7.61. The van der Waals surface area contributed by atoms with Crippen LogP contribution in [0.5, 0.6) is 5.75 Å². The Bertz CT molecular complexity index is 570. The standard InChI is InChI=1S/C17H22N2O2/c1-17-10-6-5-8-13(17)15(17)16(20)19-18-11-12-7-3-4-9-14(12)21-2/h3-4,7,9,11,13,15H,5-6,8,10H2,1-2H3,(H,19,20)/b18-11-/t13-,15+,17-/m1/s1. The van der Waals surface area contributed by atoms with E-state index < -0.39 is 0 Å². The molecule has 0 saturated heterocycles. The predicted octanol–water partition coefficient (Wildman–Crippen LogP) is 2.97. The van der Waals surface area contributed by atoms with Crippen molar-refractivity contribution in [3.8, 4) is 5.75 Å². The fourth-order valence-corrected chi connectivity index (χ4v) is 3.86. The van der Waals surface area contributed by atoms with E-state index in [9.17, 15) is 4.79 Å². The molecule has 1 N–H and O–H groups in total. The third-order valence-corrected chi connectivity index (χ3v) is 5.13. The number of amides is 1. The monoisotopic (exact) mass is 286 g/mol. The van der Waals surface area contributed by atoms with E-state index in [0.29, 0.717) is 5.92 Å². The number of rotatable bonds is 4. The lowest BCUT2D eigenvalue weighted by Gasteiger charge is -2.15. The van der Waals surface area contributed by atoms with Crippen LogP contribution in [0.1, 0.15) is 38.2 Å². The summed E-state index contributed by atoms with van der Waals surface area (Å²) in [7, 11) is 1.63. The summed E-state index contributed by atoms with van der Waals surface area (Å²) >= 11 is 0. The van der Waals surface area contributed by atoms with Crippen molar-refractivity contribution < 1.29 is 9.53 Å². The maximum absolute atomic E-state index is 12.3. The van der Waals surface area contributed by atoms with Crippen molar-refractivity contribution >= 4 is 12.1 Å². The van der Waals surface area contributed by atoms with Gasteiger partial charge in [-0.25, -0.2) is 5.43 Å². The lowest BCUT2D eigenvalue weighted by molar-refractivity contribution is -0.123. The molecule has 1 amide bonds. The Labute approximate surface area is 125 Å². The van der Waals surface area contributed by atoms with Crippen LogP contribution >= 0.6 is 0 Å². The highest BCUT2D eigenvalue weighted by molar-refractivity contribution is 5.87. The second kappa shape index (κ2) is 5.51. The van der Waals surface area contributed by atoms with Crippen LogP contribution in [-0.2, 0) is 4.79 Å². The summed E-state index contributed by atoms with van der Waals surface area (Å²) in [6.07, 6.45) is 6.51. The van der Waals surface area contributed by atoms with E-state index in [1.54, 1.807) is 13.3 Å². The van der Waals surface area contributed by atoms with Gasteiger partial charge < -0.3 is 4.74 Å². The third-order valence-electron chi connectivity index (χ3n) is 5.13. The van der Waals surface area contributed by atoms with Gasteiger partial charge in [0.25, 0.3) is 0 Å². The summed E-state index contributed by atoms with van der Waals surface area (Å²) in [4.78, 5) is 12.3. The Morgan fingerprint density at radius 3 is 2.95 bits per heavy atom. The van der Waals surface area contributed by atoms with Crippen LogP contribution in [0.3, 0.4) is 0 Å². The van der Waals surface area contributed by atoms with Gasteiger partial charge in [0, 0.05) is 11.5 Å². The van der Waals surface area contributed by atoms with Gasteiger partial charge in [-0.2, -0.15) is 5.10 Å². The Balaban J connectivity index is 1.60. The van der Waals surface area contributed by atoms with E-state index in [4.69, 9.17) is 4.74 Å². The summed E-state index contributed by atoms with van der Waals surface area (Å²) in [6.45, 7) is 2.24. The van der Waals surface area contributed by atoms with E-state index in [2.05, 4.69) is 17.5 Å². The number of methoxy groups -OCH3 is 1. The molecule has 0 unspecified atom stereocenters. The van der Waals surface area contributed by atoms with Crippen LogP contribution in [0.25, 0.3) is 0 Å². The third kappa shape index (κ3) is 2.55. The maximum Gasteiger partial charge on any atom is 0.244 e. The number of benzene rings is 1. The molecule has 0 aromatic heterocycles. The van der Waals surface area contributed by atoms with Crippen molar-refractivity contribution in [3.05, 3.63) is 29.8 Å². The molecule has 0 bridgehead atoms. The zero-order valence-corrected chi connectivity index (χ0v) is 12.6. The van der Waals surface area contributed by atoms with Crippen molar-refractivity contribution in [2.24, 2.45) is 22.4 Å². The highest BCUT2D eigenvalue weighted by Gasteiger charge is 2.64. The number of nitrogens with one attached hydrogen (secondary N) is 1. The first-order chi connectivity index (χ1) is 10.2. The largest absolute Gasteiger partial charge is 0.496 e. The van der Waals surface area contributed by atoms with Crippen molar-refractivity contribution in [1.29, 1.82) is 0 Å². The summed E-state index contributed by atoms with van der Waals surface area (Å²) in [5.41, 5.74) is 3.79. The quantitative estimate of drug-likeness (QED) is 0.683. The first-order valence-corrected chi connectivity index (χ1v) is 7.63. The van der Waals surface area contributed by atoms with Gasteiger partial charge in [0.15, 0.2) is 0 Å². The van der Waals surface area contributed by atoms with E-state index in [1.165, 1.54) is 25.7 Å². The number of fused-ring (bicyclic) bond motifs is 1. The van der Waals surface area contributed by atoms with Crippen LogP contribution in [0.15, 0.2) is 29.4 Å². The smallest absolute Gasteiger partial charge is 0.244 e. The predicted molar refractivity (Wildman–Crippen MR) is 82.3 cm³/mol. The molecule has 2 aliphatic carbocycles. The number of hydrazone groups is 1. The average molecular weight is 286 g/mol. The zero-order chi connectivity index (χ0) is 14.9. The van der Waals surface area contributed by atoms with Crippen LogP contribution in [0.4, 0.5) is 0 Å². The number of hydrogen-bond donors (Lipinski definition) is 1. The van der Waals surface area contributed by atoms with Gasteiger partial charge in [-0.3, -0.25) is 4.79 Å². The zero-order valence-electron chi connectivity index (χ0n) is 12.6. The summed E-state index contributed by atoms with van der Waals surface area (Å²) in [5, 5.41) is 4.10. The van der Waals surface area contributed by atoms with Gasteiger partial charge in [0.1, 0.15) is 5.75 Å². The number of nitrogens with zero attached hydrogens (tertiary/aromatic N) is 1. The number of ether oxygens (including phenoxy) is 1. The molecule has 3 rings (SSSR count). The van der Waals surface area contributed by atoms with E-state index in [0.717, 1.165) is 11.3 Å². The summed E-state index contributed by atoms with van der Waals surface area (Å²) < 4.78 is 5.25. The molecule has 112 valence electrons. The molecule has 21 heavy (non-hydrogen) atoms. The topological polar surface area (TPSA) is 50.7 Å². The number of carbonyl (C=O) groups is 1. The minimum atomic E-state index is 0.0653. The van der Waals surface area contributed by atoms with Gasteiger partial charge in [-0.1, -0.05) is 31.9 Å². The first kappa shape index (κ1) is 14.1. The SMILES string of the molecule is COc1ccccc1/C=N\NC(=O)[C@@H]1[C@H]2CCCC[C@]21C. The van der Waals surface area contributed by atoms with Crippen molar-refractivity contribution in [1.82, 2.24) is 5.43 Å². The Hall–Kier alpha value is -1.84. The molecular formula is C17H22N2O2. The minimum Gasteiger partial charge on any atom is -0.496 e. The Morgan fingerprint density at radius 2 is 2.24 bits per heavy atom. The normalized spacial score (nSPS) is 30.8. The van der Waals surface area contributed by atoms with E-state index >= 15 is 0 Å². The lowest BCUT2D eigenvalue weighted by Crippen LogP contribution is -2.22. The maximum atomic E-state index is 12.3. The molecule has 4 nitrogen and oxygen atoms in total. The second-order valence-corrected chi connectivity index (χ2v) is 6.31. The minimum absolute atomic E-state index is 0.0653. The molecule has 0 heterocycles. The fraction of sp³-hybridized carbons (Fsp3) is 0.529. The van der Waals surface area contributed by atoms with Crippen LogP contribution in [0, 0.1) is 17.3 Å². The van der Waals surface area contributed by atoms with Gasteiger partial charge in [0.2, 0.25) is 5.91 Å². The molecule has 0 spiro atoms. The summed E-state index contributed by atoms with van der Waals surface area (Å²) in [5.74, 6) is 1.53. The molecule has 2 aliphatic rings. The molecule has 2 fully saturated rings. The van der Waals surface area contributed by atoms with E-state index in [-0.39, 0.29) is 17.2 Å². The molecule has 1 aromatic carbocycles. The van der Waals surface area contributed by atoms with Gasteiger partial charge in [-0.05, 0) is 36.3 Å². The first-order valence-electron chi connectivity index (χ1n) is 7.63. The van der Waals surface area contributed by atoms with Gasteiger partial charge in [-0.15, -0.1) is 0 Å². The highest BCUT2D eigenvalue weighted by atomic mass is 16.5. The molecule has 0 radical (unpaired) electrons. The van der Waals surface area contributed by atoms with Crippen molar-refractivity contribution in [2.45, 2.75) is 32.6 Å². The number of para-hydroxylation sites is 1. The van der Waals surface area contributed by atoms with Crippen molar-refractivity contribution in [3.63, 3.8) is 0 Å². The number of carbonyl (C=O) groups excluding carboxylic acids is 1. The molecule has 4 heteroatoms. The van der Waals surface area contributed by atoms with E-state index in [1.807, 2.05) is 24.3 Å². The highest BCUT2D eigenvalue weighted by Crippen LogP contribution is 2.66. The van der Waals surface area contributed by atoms with Gasteiger partial charge in [0.05, 0.1) is 13.3 Å². The molecule has 0 aliphatic heterocycles. The molecule has 1 aromatic rings. The van der Waals surface area contributed by atoms with Gasteiger partial charge >= 0.3 is 0 Å². The van der Waals surface area contributed by atoms with Crippen molar-refractivity contribution in [2.75, 3.05) is 7.11 Å². The Morgan fingerprint density at radius 1 is 1.43 bits per heavy atom. The van der Waals surface area contributed by atoms with Crippen LogP contribution in [-0.4, -0.2) is 19.2 Å². The fourth-order valence-electron chi connectivity index (χ4n) is 3.86. The molecule has 2 saturated carbocycles. The average Bonchev–Trinajstić information content (AvgIpc) is 3.13. The van der Waals surface area contributed by atoms with Crippen LogP contribution in [0.2, 0.25) is 0 Å². The lowest BCUT2D eigenvalue weighted by atomic mass is 9.90. The second-order valence-electron chi connectivity index (χ2n) is 6.31. The molecular weight excluding hydrogens is 264 g/mol. The Kier molecular flexibility index (Phi) is 3.70. The molecule has 3 atom stereocenters. The number of hydrogen-bond acceptors (Lipinski definition) is 3.